The van der Waals surface area contributed by atoms with Crippen molar-refractivity contribution in [2.24, 2.45) is 0 Å². The molecule has 0 amide bonds. The van der Waals surface area contributed by atoms with Crippen LogP contribution in [-0.2, 0) is 6.42 Å². The average Bonchev–Trinajstić information content (AvgIpc) is 2.85. The molecule has 0 aromatic carbocycles. The number of hydrogen-bond donors (Lipinski definition) is 1. The molecule has 2 atom stereocenters. The first-order valence-electron chi connectivity index (χ1n) is 7.83. The molecule has 0 spiro atoms. The maximum absolute atomic E-state index is 3.66. The first-order valence-corrected chi connectivity index (χ1v) is 8.70. The van der Waals surface area contributed by atoms with Gasteiger partial charge in [0.2, 0.25) is 0 Å². The van der Waals surface area contributed by atoms with Crippen molar-refractivity contribution in [2.45, 2.75) is 71.5 Å². The van der Waals surface area contributed by atoms with Crippen LogP contribution in [0.25, 0.3) is 0 Å². The molecule has 0 radical (unpaired) electrons. The Kier molecular flexibility index (Phi) is 7.21. The lowest BCUT2D eigenvalue weighted by Crippen LogP contribution is -2.49. The second-order valence-electron chi connectivity index (χ2n) is 6.87. The summed E-state index contributed by atoms with van der Waals surface area (Å²) in [4.78, 5) is 4.05. The third-order valence-corrected chi connectivity index (χ3v) is 4.74. The minimum Gasteiger partial charge on any atom is -0.311 e. The lowest BCUT2D eigenvalue weighted by Gasteiger charge is -2.35. The molecular formula is C17H32N2S. The molecule has 116 valence electrons. The molecule has 0 saturated carbocycles. The largest absolute Gasteiger partial charge is 0.311 e. The highest BCUT2D eigenvalue weighted by atomic mass is 32.1. The molecule has 1 heterocycles. The highest BCUT2D eigenvalue weighted by Crippen LogP contribution is 2.17. The summed E-state index contributed by atoms with van der Waals surface area (Å²) in [5.41, 5.74) is 0.198. The summed E-state index contributed by atoms with van der Waals surface area (Å²) in [5, 5.41) is 5.84. The van der Waals surface area contributed by atoms with E-state index < -0.39 is 0 Å². The summed E-state index contributed by atoms with van der Waals surface area (Å²) in [6.07, 6.45) is 3.66. The van der Waals surface area contributed by atoms with Gasteiger partial charge in [0.15, 0.2) is 0 Å². The molecule has 1 aromatic rings. The van der Waals surface area contributed by atoms with Crippen LogP contribution in [-0.4, -0.2) is 36.1 Å². The zero-order chi connectivity index (χ0) is 15.2. The molecule has 1 rings (SSSR count). The topological polar surface area (TPSA) is 15.3 Å². The molecule has 1 aromatic heterocycles. The fourth-order valence-electron chi connectivity index (χ4n) is 2.43. The van der Waals surface area contributed by atoms with Crippen LogP contribution in [0.15, 0.2) is 17.5 Å². The second-order valence-corrected chi connectivity index (χ2v) is 7.90. The lowest BCUT2D eigenvalue weighted by atomic mass is 10.0. The predicted octanol–water partition coefficient (Wildman–Crippen LogP) is 4.17. The van der Waals surface area contributed by atoms with Gasteiger partial charge in [-0.15, -0.1) is 11.3 Å². The van der Waals surface area contributed by atoms with Crippen molar-refractivity contribution in [3.63, 3.8) is 0 Å². The van der Waals surface area contributed by atoms with E-state index in [9.17, 15) is 0 Å². The van der Waals surface area contributed by atoms with Crippen LogP contribution in [0.3, 0.4) is 0 Å². The maximum Gasteiger partial charge on any atom is 0.0220 e. The summed E-state index contributed by atoms with van der Waals surface area (Å²) in [5.74, 6) is 0. The van der Waals surface area contributed by atoms with Gasteiger partial charge in [0, 0.05) is 29.0 Å². The smallest absolute Gasteiger partial charge is 0.0220 e. The van der Waals surface area contributed by atoms with Gasteiger partial charge < -0.3 is 5.32 Å². The Morgan fingerprint density at radius 3 is 2.55 bits per heavy atom. The van der Waals surface area contributed by atoms with E-state index >= 15 is 0 Å². The first-order chi connectivity index (χ1) is 9.33. The first kappa shape index (κ1) is 17.7. The van der Waals surface area contributed by atoms with Gasteiger partial charge in [-0.2, -0.15) is 0 Å². The molecule has 0 saturated heterocycles. The van der Waals surface area contributed by atoms with Crippen molar-refractivity contribution < 1.29 is 0 Å². The van der Waals surface area contributed by atoms with Gasteiger partial charge in [-0.05, 0) is 59.0 Å². The number of hydrogen-bond acceptors (Lipinski definition) is 3. The molecule has 0 aliphatic carbocycles. The molecule has 2 nitrogen and oxygen atoms in total. The summed E-state index contributed by atoms with van der Waals surface area (Å²) in [6, 6.07) is 5.61. The highest BCUT2D eigenvalue weighted by molar-refractivity contribution is 7.09. The average molecular weight is 297 g/mol. The molecule has 2 unspecified atom stereocenters. The minimum atomic E-state index is 0.198. The zero-order valence-electron chi connectivity index (χ0n) is 14.1. The zero-order valence-corrected chi connectivity index (χ0v) is 14.9. The summed E-state index contributed by atoms with van der Waals surface area (Å²) >= 11 is 1.87. The fourth-order valence-corrected chi connectivity index (χ4v) is 3.26. The molecule has 0 bridgehead atoms. The van der Waals surface area contributed by atoms with Gasteiger partial charge in [0.1, 0.15) is 0 Å². The third kappa shape index (κ3) is 6.38. The monoisotopic (exact) mass is 296 g/mol. The Labute approximate surface area is 129 Å². The predicted molar refractivity (Wildman–Crippen MR) is 91.7 cm³/mol. The number of nitrogens with one attached hydrogen (secondary N) is 1. The second kappa shape index (κ2) is 8.16. The van der Waals surface area contributed by atoms with Crippen molar-refractivity contribution >= 4 is 11.3 Å². The Morgan fingerprint density at radius 1 is 1.35 bits per heavy atom. The Hall–Kier alpha value is -0.380. The van der Waals surface area contributed by atoms with Crippen molar-refractivity contribution in [3.05, 3.63) is 22.4 Å². The minimum absolute atomic E-state index is 0.198. The van der Waals surface area contributed by atoms with Crippen LogP contribution in [0.2, 0.25) is 0 Å². The standard InChI is InChI=1S/C17H32N2S/c1-7-9-15(13-18-17(3,4)5)19(6)14(2)12-16-10-8-11-20-16/h8,10-11,14-15,18H,7,9,12-13H2,1-6H3. The molecule has 3 heteroatoms. The van der Waals surface area contributed by atoms with Crippen molar-refractivity contribution in [1.82, 2.24) is 10.2 Å². The fraction of sp³-hybridized carbons (Fsp3) is 0.765. The summed E-state index contributed by atoms with van der Waals surface area (Å²) < 4.78 is 0. The lowest BCUT2D eigenvalue weighted by molar-refractivity contribution is 0.161. The SMILES string of the molecule is CCCC(CNC(C)(C)C)N(C)C(C)Cc1cccs1. The molecule has 20 heavy (non-hydrogen) atoms. The van der Waals surface area contributed by atoms with Gasteiger partial charge >= 0.3 is 0 Å². The van der Waals surface area contributed by atoms with E-state index in [1.165, 1.54) is 17.7 Å². The number of thiophene rings is 1. The van der Waals surface area contributed by atoms with E-state index in [1.807, 2.05) is 11.3 Å². The van der Waals surface area contributed by atoms with Crippen LogP contribution >= 0.6 is 11.3 Å². The molecule has 0 aliphatic heterocycles. The van der Waals surface area contributed by atoms with Gasteiger partial charge in [-0.1, -0.05) is 19.4 Å². The van der Waals surface area contributed by atoms with Gasteiger partial charge in [0.25, 0.3) is 0 Å². The van der Waals surface area contributed by atoms with E-state index in [4.69, 9.17) is 0 Å². The highest BCUT2D eigenvalue weighted by Gasteiger charge is 2.21. The maximum atomic E-state index is 3.66. The Morgan fingerprint density at radius 2 is 2.05 bits per heavy atom. The van der Waals surface area contributed by atoms with Gasteiger partial charge in [0.05, 0.1) is 0 Å². The van der Waals surface area contributed by atoms with Crippen molar-refractivity contribution in [3.8, 4) is 0 Å². The molecule has 0 fully saturated rings. The van der Waals surface area contributed by atoms with Crippen molar-refractivity contribution in [2.75, 3.05) is 13.6 Å². The quantitative estimate of drug-likeness (QED) is 0.774. The van der Waals surface area contributed by atoms with Crippen LogP contribution in [0.1, 0.15) is 52.3 Å². The summed E-state index contributed by atoms with van der Waals surface area (Å²) in [6.45, 7) is 12.4. The van der Waals surface area contributed by atoms with E-state index in [-0.39, 0.29) is 5.54 Å². The number of nitrogens with zero attached hydrogens (tertiary/aromatic N) is 1. The molecular weight excluding hydrogens is 264 g/mol. The van der Waals surface area contributed by atoms with Crippen molar-refractivity contribution in [1.29, 1.82) is 0 Å². The summed E-state index contributed by atoms with van der Waals surface area (Å²) in [7, 11) is 2.28. The van der Waals surface area contributed by atoms with Crippen LogP contribution in [0, 0.1) is 0 Å². The molecule has 1 N–H and O–H groups in total. The van der Waals surface area contributed by atoms with Gasteiger partial charge in [-0.3, -0.25) is 4.90 Å². The van der Waals surface area contributed by atoms with Crippen LogP contribution in [0.4, 0.5) is 0 Å². The Balaban J connectivity index is 2.55. The van der Waals surface area contributed by atoms with E-state index in [0.29, 0.717) is 12.1 Å². The van der Waals surface area contributed by atoms with Gasteiger partial charge in [-0.25, -0.2) is 0 Å². The molecule has 0 aliphatic rings. The Bertz CT molecular complexity index is 354. The van der Waals surface area contributed by atoms with E-state index in [0.717, 1.165) is 13.0 Å². The van der Waals surface area contributed by atoms with Crippen LogP contribution < -0.4 is 5.32 Å². The van der Waals surface area contributed by atoms with E-state index in [1.54, 1.807) is 0 Å². The number of rotatable bonds is 8. The van der Waals surface area contributed by atoms with Crippen LogP contribution in [0.5, 0.6) is 0 Å². The number of likely N-dealkylation sites (N-methyl/N-ethyl adjacent to an activating group) is 1. The normalized spacial score (nSPS) is 15.6. The third-order valence-electron chi connectivity index (χ3n) is 3.84. The van der Waals surface area contributed by atoms with E-state index in [2.05, 4.69) is 69.4 Å².